The van der Waals surface area contributed by atoms with Gasteiger partial charge in [0.05, 0.1) is 23.4 Å². The molecule has 0 aliphatic rings. The first kappa shape index (κ1) is 13.5. The molecule has 2 rings (SSSR count). The first-order valence-corrected chi connectivity index (χ1v) is 5.80. The lowest BCUT2D eigenvalue weighted by atomic mass is 10.2. The van der Waals surface area contributed by atoms with Gasteiger partial charge in [0.1, 0.15) is 5.75 Å². The Bertz CT molecular complexity index is 621. The number of aromatic nitrogens is 2. The van der Waals surface area contributed by atoms with Gasteiger partial charge in [0.25, 0.3) is 0 Å². The van der Waals surface area contributed by atoms with Crippen LogP contribution in [0.5, 0.6) is 5.75 Å². The number of aryl methyl sites for hydroxylation is 1. The monoisotopic (exact) mass is 282 g/mol. The second-order valence-electron chi connectivity index (χ2n) is 3.76. The van der Waals surface area contributed by atoms with E-state index in [-0.39, 0.29) is 17.3 Å². The maximum atomic E-state index is 13.6. The highest BCUT2D eigenvalue weighted by molar-refractivity contribution is 6.33. The van der Waals surface area contributed by atoms with E-state index in [2.05, 4.69) is 15.4 Å². The van der Waals surface area contributed by atoms with E-state index >= 15 is 0 Å². The zero-order chi connectivity index (χ0) is 14.0. The average molecular weight is 283 g/mol. The molecule has 0 saturated carbocycles. The molecule has 1 heterocycles. The smallest absolute Gasteiger partial charge is 0.187 e. The molecule has 1 aromatic carbocycles. The molecule has 2 aromatic rings. The largest absolute Gasteiger partial charge is 0.496 e. The van der Waals surface area contributed by atoms with E-state index in [0.29, 0.717) is 16.3 Å². The Morgan fingerprint density at radius 3 is 2.74 bits per heavy atom. The number of hydrazine groups is 1. The van der Waals surface area contributed by atoms with Gasteiger partial charge in [-0.25, -0.2) is 20.2 Å². The third kappa shape index (κ3) is 2.45. The molecular formula is C12H12ClFN4O. The minimum absolute atomic E-state index is 0.0931. The molecule has 0 bridgehead atoms. The van der Waals surface area contributed by atoms with Crippen LogP contribution in [0.4, 0.5) is 10.2 Å². The highest BCUT2D eigenvalue weighted by Crippen LogP contribution is 2.35. The lowest BCUT2D eigenvalue weighted by Gasteiger charge is -2.11. The van der Waals surface area contributed by atoms with Crippen molar-refractivity contribution >= 4 is 17.4 Å². The van der Waals surface area contributed by atoms with Crippen molar-refractivity contribution in [2.45, 2.75) is 6.92 Å². The van der Waals surface area contributed by atoms with Gasteiger partial charge in [-0.05, 0) is 19.1 Å². The van der Waals surface area contributed by atoms with Crippen molar-refractivity contribution in [1.82, 2.24) is 9.97 Å². The fourth-order valence-electron chi connectivity index (χ4n) is 1.66. The summed E-state index contributed by atoms with van der Waals surface area (Å²) in [4.78, 5) is 8.08. The van der Waals surface area contributed by atoms with Crippen molar-refractivity contribution in [3.8, 4) is 17.1 Å². The molecular weight excluding hydrogens is 271 g/mol. The number of nitrogens with two attached hydrogens (primary N) is 1. The van der Waals surface area contributed by atoms with Gasteiger partial charge in [-0.1, -0.05) is 17.7 Å². The number of methoxy groups -OCH3 is 1. The van der Waals surface area contributed by atoms with Gasteiger partial charge in [0.15, 0.2) is 17.5 Å². The molecule has 0 fully saturated rings. The zero-order valence-corrected chi connectivity index (χ0v) is 11.1. The molecule has 0 aliphatic heterocycles. The summed E-state index contributed by atoms with van der Waals surface area (Å²) in [6.45, 7) is 1.52. The molecule has 100 valence electrons. The highest BCUT2D eigenvalue weighted by atomic mass is 35.5. The normalized spacial score (nSPS) is 10.4. The van der Waals surface area contributed by atoms with E-state index in [1.165, 1.54) is 14.0 Å². The predicted octanol–water partition coefficient (Wildman–Crippen LogP) is 2.54. The van der Waals surface area contributed by atoms with Gasteiger partial charge < -0.3 is 10.2 Å². The number of nitrogen functional groups attached to an aromatic ring is 1. The van der Waals surface area contributed by atoms with Gasteiger partial charge in [-0.15, -0.1) is 0 Å². The van der Waals surface area contributed by atoms with Crippen LogP contribution in [-0.4, -0.2) is 17.1 Å². The Morgan fingerprint density at radius 1 is 1.37 bits per heavy atom. The molecule has 0 atom stereocenters. The van der Waals surface area contributed by atoms with E-state index in [0.717, 1.165) is 0 Å². The minimum Gasteiger partial charge on any atom is -0.496 e. The molecule has 5 nitrogen and oxygen atoms in total. The fraction of sp³-hybridized carbons (Fsp3) is 0.167. The molecule has 0 aliphatic carbocycles. The topological polar surface area (TPSA) is 73.1 Å². The molecule has 0 radical (unpaired) electrons. The SMILES string of the molecule is COc1cccc(Cl)c1-c1nc(C)c(F)c(NN)n1. The standard InChI is InChI=1S/C12H12ClFN4O/c1-6-10(14)12(18-15)17-11(16-6)9-7(13)4-3-5-8(9)19-2/h3-5H,15H2,1-2H3,(H,16,17,18). The number of hydrogen-bond acceptors (Lipinski definition) is 5. The molecule has 19 heavy (non-hydrogen) atoms. The van der Waals surface area contributed by atoms with Crippen molar-refractivity contribution in [2.24, 2.45) is 5.84 Å². The van der Waals surface area contributed by atoms with Crippen LogP contribution in [-0.2, 0) is 0 Å². The summed E-state index contributed by atoms with van der Waals surface area (Å²) in [7, 11) is 1.51. The van der Waals surface area contributed by atoms with E-state index in [4.69, 9.17) is 22.2 Å². The van der Waals surface area contributed by atoms with Crippen molar-refractivity contribution in [2.75, 3.05) is 12.5 Å². The number of hydrogen-bond donors (Lipinski definition) is 2. The van der Waals surface area contributed by atoms with Crippen LogP contribution < -0.4 is 16.0 Å². The predicted molar refractivity (Wildman–Crippen MR) is 71.5 cm³/mol. The quantitative estimate of drug-likeness (QED) is 0.668. The van der Waals surface area contributed by atoms with Crippen LogP contribution in [0, 0.1) is 12.7 Å². The number of ether oxygens (including phenoxy) is 1. The number of anilines is 1. The van der Waals surface area contributed by atoms with Gasteiger partial charge in [-0.3, -0.25) is 0 Å². The summed E-state index contributed by atoms with van der Waals surface area (Å²) in [5.41, 5.74) is 2.85. The van der Waals surface area contributed by atoms with Crippen LogP contribution in [0.15, 0.2) is 18.2 Å². The zero-order valence-electron chi connectivity index (χ0n) is 10.4. The molecule has 7 heteroatoms. The highest BCUT2D eigenvalue weighted by Gasteiger charge is 2.17. The first-order valence-electron chi connectivity index (χ1n) is 5.42. The van der Waals surface area contributed by atoms with Crippen LogP contribution in [0.25, 0.3) is 11.4 Å². The summed E-state index contributed by atoms with van der Waals surface area (Å²) in [5.74, 6) is 5.28. The third-order valence-corrected chi connectivity index (χ3v) is 2.89. The first-order chi connectivity index (χ1) is 9.08. The summed E-state index contributed by atoms with van der Waals surface area (Å²) in [6, 6.07) is 5.14. The summed E-state index contributed by atoms with van der Waals surface area (Å²) >= 11 is 6.12. The molecule has 0 spiro atoms. The average Bonchev–Trinajstić information content (AvgIpc) is 2.41. The van der Waals surface area contributed by atoms with Crippen LogP contribution >= 0.6 is 11.6 Å². The van der Waals surface area contributed by atoms with Gasteiger partial charge in [0, 0.05) is 0 Å². The van der Waals surface area contributed by atoms with Crippen molar-refractivity contribution in [3.05, 3.63) is 34.7 Å². The molecule has 0 saturated heterocycles. The van der Waals surface area contributed by atoms with E-state index in [1.54, 1.807) is 18.2 Å². The summed E-state index contributed by atoms with van der Waals surface area (Å²) < 4.78 is 18.9. The minimum atomic E-state index is -0.600. The van der Waals surface area contributed by atoms with Crippen molar-refractivity contribution < 1.29 is 9.13 Å². The number of rotatable bonds is 3. The maximum Gasteiger partial charge on any atom is 0.187 e. The van der Waals surface area contributed by atoms with Crippen LogP contribution in [0.3, 0.4) is 0 Å². The second kappa shape index (κ2) is 5.38. The number of halogens is 2. The van der Waals surface area contributed by atoms with Crippen LogP contribution in [0.2, 0.25) is 5.02 Å². The van der Waals surface area contributed by atoms with Crippen molar-refractivity contribution in [3.63, 3.8) is 0 Å². The fourth-order valence-corrected chi connectivity index (χ4v) is 1.91. The van der Waals surface area contributed by atoms with E-state index < -0.39 is 5.82 Å². The maximum absolute atomic E-state index is 13.6. The lowest BCUT2D eigenvalue weighted by Crippen LogP contribution is -2.13. The molecule has 0 amide bonds. The molecule has 3 N–H and O–H groups in total. The number of benzene rings is 1. The lowest BCUT2D eigenvalue weighted by molar-refractivity contribution is 0.416. The van der Waals surface area contributed by atoms with Crippen molar-refractivity contribution in [1.29, 1.82) is 0 Å². The van der Waals surface area contributed by atoms with E-state index in [1.807, 2.05) is 0 Å². The Balaban J connectivity index is 2.69. The third-order valence-electron chi connectivity index (χ3n) is 2.57. The van der Waals surface area contributed by atoms with Gasteiger partial charge in [0.2, 0.25) is 0 Å². The second-order valence-corrected chi connectivity index (χ2v) is 4.16. The van der Waals surface area contributed by atoms with E-state index in [9.17, 15) is 4.39 Å². The molecule has 0 unspecified atom stereocenters. The Morgan fingerprint density at radius 2 is 2.11 bits per heavy atom. The van der Waals surface area contributed by atoms with Gasteiger partial charge >= 0.3 is 0 Å². The molecule has 1 aromatic heterocycles. The number of nitrogens with zero attached hydrogens (tertiary/aromatic N) is 2. The Hall–Kier alpha value is -1.92. The Kier molecular flexibility index (Phi) is 3.82. The summed E-state index contributed by atoms with van der Waals surface area (Å²) in [5, 5.41) is 0.410. The Labute approximate surface area is 114 Å². The van der Waals surface area contributed by atoms with Crippen LogP contribution in [0.1, 0.15) is 5.69 Å². The summed E-state index contributed by atoms with van der Waals surface area (Å²) in [6.07, 6.45) is 0. The van der Waals surface area contributed by atoms with Gasteiger partial charge in [-0.2, -0.15) is 0 Å². The number of nitrogens with one attached hydrogen (secondary N) is 1.